The summed E-state index contributed by atoms with van der Waals surface area (Å²) >= 11 is 0. The highest BCUT2D eigenvalue weighted by Gasteiger charge is 2.17. The highest BCUT2D eigenvalue weighted by Crippen LogP contribution is 2.28. The van der Waals surface area contributed by atoms with Crippen LogP contribution in [-0.4, -0.2) is 29.5 Å². The largest absolute Gasteiger partial charge is 0.493 e. The van der Waals surface area contributed by atoms with Gasteiger partial charge < -0.3 is 15.5 Å². The molecule has 0 radical (unpaired) electrons. The molecule has 0 saturated heterocycles. The number of hydrogen-bond donors (Lipinski definition) is 2. The monoisotopic (exact) mass is 453 g/mol. The van der Waals surface area contributed by atoms with Crippen molar-refractivity contribution in [2.24, 2.45) is 0 Å². The maximum atomic E-state index is 12.7. The predicted molar refractivity (Wildman–Crippen MR) is 135 cm³/mol. The van der Waals surface area contributed by atoms with E-state index in [0.29, 0.717) is 18.0 Å². The fraction of sp³-hybridized carbons (Fsp3) is 0.214. The number of nitrogens with one attached hydrogen (secondary N) is 2. The second-order valence-electron chi connectivity index (χ2n) is 8.15. The average molecular weight is 454 g/mol. The molecule has 1 aromatic heterocycles. The molecule has 2 aromatic rings. The Labute approximate surface area is 199 Å². The van der Waals surface area contributed by atoms with Crippen molar-refractivity contribution in [3.8, 4) is 5.75 Å². The van der Waals surface area contributed by atoms with Crippen LogP contribution in [0, 0.1) is 5.41 Å². The Morgan fingerprint density at radius 3 is 2.79 bits per heavy atom. The van der Waals surface area contributed by atoms with Gasteiger partial charge in [0, 0.05) is 31.0 Å². The summed E-state index contributed by atoms with van der Waals surface area (Å²) in [7, 11) is 0. The number of fused-ring (bicyclic) bond motifs is 1. The van der Waals surface area contributed by atoms with Gasteiger partial charge in [0.05, 0.1) is 12.3 Å². The van der Waals surface area contributed by atoms with Gasteiger partial charge in [0.25, 0.3) is 0 Å². The Bertz CT molecular complexity index is 1240. The number of hydrogen-bond acceptors (Lipinski definition) is 5. The van der Waals surface area contributed by atoms with Crippen LogP contribution in [0.25, 0.3) is 11.1 Å². The predicted octanol–water partition coefficient (Wildman–Crippen LogP) is 5.57. The second kappa shape index (κ2) is 10.7. The molecule has 1 aliphatic heterocycles. The van der Waals surface area contributed by atoms with Crippen molar-refractivity contribution in [2.45, 2.75) is 32.1 Å². The van der Waals surface area contributed by atoms with Crippen molar-refractivity contribution in [1.29, 1.82) is 5.41 Å². The lowest BCUT2D eigenvalue weighted by Gasteiger charge is -2.13. The third-order valence-corrected chi connectivity index (χ3v) is 5.79. The highest BCUT2D eigenvalue weighted by molar-refractivity contribution is 6.00. The number of allylic oxidation sites excluding steroid dienone is 7. The van der Waals surface area contributed by atoms with Gasteiger partial charge in [-0.1, -0.05) is 30.9 Å². The number of pyridine rings is 1. The Kier molecular flexibility index (Phi) is 7.28. The lowest BCUT2D eigenvalue weighted by atomic mass is 9.99. The van der Waals surface area contributed by atoms with E-state index in [1.54, 1.807) is 24.3 Å². The Morgan fingerprint density at radius 2 is 2.03 bits per heavy atom. The first-order chi connectivity index (χ1) is 16.6. The van der Waals surface area contributed by atoms with Crippen LogP contribution in [0.15, 0.2) is 67.3 Å². The van der Waals surface area contributed by atoms with Gasteiger partial charge in [0.2, 0.25) is 5.91 Å². The molecule has 1 aliphatic carbocycles. The van der Waals surface area contributed by atoms with E-state index in [9.17, 15) is 9.59 Å². The van der Waals surface area contributed by atoms with Crippen LogP contribution in [0.2, 0.25) is 0 Å². The Morgan fingerprint density at radius 1 is 1.15 bits per heavy atom. The van der Waals surface area contributed by atoms with Gasteiger partial charge in [-0.15, -0.1) is 0 Å². The fourth-order valence-corrected chi connectivity index (χ4v) is 4.02. The van der Waals surface area contributed by atoms with Gasteiger partial charge in [-0.25, -0.2) is 4.98 Å². The zero-order valence-electron chi connectivity index (χ0n) is 19.0. The maximum Gasteiger partial charge on any atom is 0.225 e. The molecule has 172 valence electrons. The highest BCUT2D eigenvalue weighted by atomic mass is 16.5. The summed E-state index contributed by atoms with van der Waals surface area (Å²) in [4.78, 5) is 29.9. The molecule has 0 unspecified atom stereocenters. The number of nitrogens with zero attached hydrogens (tertiary/aromatic N) is 1. The summed E-state index contributed by atoms with van der Waals surface area (Å²) in [6, 6.07) is 9.11. The third kappa shape index (κ3) is 5.46. The van der Waals surface area contributed by atoms with Gasteiger partial charge in [0.1, 0.15) is 11.6 Å². The standard InChI is InChI=1S/C28H27N3O3/c1-2-19(12-14-29)23-17-24(20-6-4-3-5-7-20)30-27(18-23)31-28(33)11-9-25(32)21-8-10-26-22(16-21)13-15-34-26/h2,4,6-8,10,12,14,16-18,29H,1,3,5,9,11,13,15H2,(H,30,31,33)/b19-12+,29-14?. The minimum atomic E-state index is -0.280. The summed E-state index contributed by atoms with van der Waals surface area (Å²) in [6.45, 7) is 4.47. The number of carbonyl (C=O) groups is 2. The Balaban J connectivity index is 1.48. The Hall–Kier alpha value is -4.06. The van der Waals surface area contributed by atoms with E-state index >= 15 is 0 Å². The van der Waals surface area contributed by atoms with Crippen LogP contribution in [0.3, 0.4) is 0 Å². The number of anilines is 1. The van der Waals surface area contributed by atoms with Gasteiger partial charge >= 0.3 is 0 Å². The van der Waals surface area contributed by atoms with Crippen molar-refractivity contribution >= 4 is 34.9 Å². The van der Waals surface area contributed by atoms with Crippen LogP contribution in [0.5, 0.6) is 5.75 Å². The smallest absolute Gasteiger partial charge is 0.225 e. The molecular formula is C28H27N3O3. The minimum absolute atomic E-state index is 0.0565. The maximum absolute atomic E-state index is 12.7. The van der Waals surface area contributed by atoms with Crippen molar-refractivity contribution in [1.82, 2.24) is 4.98 Å². The number of ether oxygens (including phenoxy) is 1. The molecule has 6 nitrogen and oxygen atoms in total. The number of benzene rings is 1. The van der Waals surface area contributed by atoms with Crippen LogP contribution in [-0.2, 0) is 11.2 Å². The van der Waals surface area contributed by atoms with Crippen molar-refractivity contribution < 1.29 is 14.3 Å². The number of aromatic nitrogens is 1. The average Bonchev–Trinajstić information content (AvgIpc) is 3.34. The van der Waals surface area contributed by atoms with Crippen LogP contribution in [0.4, 0.5) is 5.82 Å². The van der Waals surface area contributed by atoms with Crippen molar-refractivity contribution in [2.75, 3.05) is 11.9 Å². The molecule has 2 heterocycles. The van der Waals surface area contributed by atoms with Crippen LogP contribution in [0.1, 0.15) is 52.9 Å². The quantitative estimate of drug-likeness (QED) is 0.295. The lowest BCUT2D eigenvalue weighted by molar-refractivity contribution is -0.116. The van der Waals surface area contributed by atoms with Gasteiger partial charge in [-0.3, -0.25) is 9.59 Å². The lowest BCUT2D eigenvalue weighted by Crippen LogP contribution is -2.15. The number of amides is 1. The minimum Gasteiger partial charge on any atom is -0.493 e. The summed E-state index contributed by atoms with van der Waals surface area (Å²) in [5.41, 5.74) is 4.91. The summed E-state index contributed by atoms with van der Waals surface area (Å²) < 4.78 is 5.49. The summed E-state index contributed by atoms with van der Waals surface area (Å²) in [5, 5.41) is 10.3. The van der Waals surface area contributed by atoms with Gasteiger partial charge in [-0.05, 0) is 71.5 Å². The third-order valence-electron chi connectivity index (χ3n) is 5.79. The van der Waals surface area contributed by atoms with E-state index < -0.39 is 0 Å². The summed E-state index contributed by atoms with van der Waals surface area (Å²) in [5.74, 6) is 0.873. The van der Waals surface area contributed by atoms with E-state index in [2.05, 4.69) is 29.0 Å². The van der Waals surface area contributed by atoms with Crippen molar-refractivity contribution in [3.63, 3.8) is 0 Å². The number of ketones is 1. The molecule has 2 N–H and O–H groups in total. The zero-order valence-corrected chi connectivity index (χ0v) is 19.0. The van der Waals surface area contributed by atoms with E-state index in [1.165, 1.54) is 6.21 Å². The van der Waals surface area contributed by atoms with E-state index in [0.717, 1.165) is 53.0 Å². The van der Waals surface area contributed by atoms with E-state index in [-0.39, 0.29) is 24.5 Å². The molecule has 0 spiro atoms. The molecule has 4 rings (SSSR count). The van der Waals surface area contributed by atoms with Crippen LogP contribution >= 0.6 is 0 Å². The second-order valence-corrected chi connectivity index (χ2v) is 8.15. The SMILES string of the molecule is C=C/C(=C\C=N)c1cc(NC(=O)CCC(=O)c2ccc3c(c2)CCO3)nc(C2=CCCC=C2)c1. The van der Waals surface area contributed by atoms with Crippen molar-refractivity contribution in [3.05, 3.63) is 89.7 Å². The molecular weight excluding hydrogens is 426 g/mol. The molecule has 0 bridgehead atoms. The first kappa shape index (κ1) is 23.1. The number of rotatable bonds is 9. The van der Waals surface area contributed by atoms with Gasteiger partial charge in [0.15, 0.2) is 5.78 Å². The first-order valence-electron chi connectivity index (χ1n) is 11.4. The number of Topliss-reactive ketones (excluding diaryl/α,β-unsaturated/α-hetero) is 1. The topological polar surface area (TPSA) is 92.1 Å². The molecule has 1 aromatic carbocycles. The number of carbonyl (C=O) groups excluding carboxylic acids is 2. The molecule has 0 fully saturated rings. The van der Waals surface area contributed by atoms with Crippen LogP contribution < -0.4 is 10.1 Å². The van der Waals surface area contributed by atoms with Gasteiger partial charge in [-0.2, -0.15) is 0 Å². The molecule has 2 aliphatic rings. The van der Waals surface area contributed by atoms with E-state index in [4.69, 9.17) is 10.1 Å². The first-order valence-corrected chi connectivity index (χ1v) is 11.4. The molecule has 0 atom stereocenters. The van der Waals surface area contributed by atoms with E-state index in [1.807, 2.05) is 24.3 Å². The molecule has 0 saturated carbocycles. The summed E-state index contributed by atoms with van der Waals surface area (Å²) in [6.07, 6.45) is 13.6. The molecule has 1 amide bonds. The molecule has 6 heteroatoms. The normalized spacial score (nSPS) is 14.6. The zero-order chi connectivity index (χ0) is 23.9. The molecule has 34 heavy (non-hydrogen) atoms. The fourth-order valence-electron chi connectivity index (χ4n) is 4.02.